The molecule has 0 radical (unpaired) electrons. The van der Waals surface area contributed by atoms with Gasteiger partial charge in [0.15, 0.2) is 23.0 Å². The molecule has 1 saturated heterocycles. The third-order valence-electron chi connectivity index (χ3n) is 4.90. The van der Waals surface area contributed by atoms with Crippen LogP contribution in [0.25, 0.3) is 11.3 Å². The Bertz CT molecular complexity index is 993. The average Bonchev–Trinajstić information content (AvgIpc) is 3.46. The number of carbonyl (C=O) groups excluding carboxylic acids is 1. The zero-order valence-electron chi connectivity index (χ0n) is 16.0. The largest absolute Gasteiger partial charge is 0.493 e. The number of benzene rings is 1. The highest BCUT2D eigenvalue weighted by Gasteiger charge is 2.34. The van der Waals surface area contributed by atoms with Crippen molar-refractivity contribution in [3.8, 4) is 22.8 Å². The Hall–Kier alpha value is -3.29. The molecule has 0 spiro atoms. The molecule has 146 valence electrons. The fraction of sp³-hybridized carbons (Fsp3) is 0.350. The average molecular weight is 383 g/mol. The number of rotatable bonds is 5. The van der Waals surface area contributed by atoms with E-state index in [4.69, 9.17) is 18.5 Å². The van der Waals surface area contributed by atoms with Gasteiger partial charge in [-0.1, -0.05) is 10.3 Å². The van der Waals surface area contributed by atoms with Crippen molar-refractivity contribution >= 4 is 5.91 Å². The maximum absolute atomic E-state index is 13.0. The van der Waals surface area contributed by atoms with Gasteiger partial charge in [0.05, 0.1) is 20.3 Å². The molecule has 0 saturated carbocycles. The van der Waals surface area contributed by atoms with Crippen LogP contribution in [0.15, 0.2) is 39.4 Å². The van der Waals surface area contributed by atoms with Gasteiger partial charge < -0.3 is 23.4 Å². The first-order chi connectivity index (χ1) is 13.6. The van der Waals surface area contributed by atoms with E-state index in [0.717, 1.165) is 29.9 Å². The van der Waals surface area contributed by atoms with Crippen LogP contribution in [0.4, 0.5) is 0 Å². The third kappa shape index (κ3) is 3.21. The Morgan fingerprint density at radius 3 is 2.64 bits per heavy atom. The van der Waals surface area contributed by atoms with E-state index in [0.29, 0.717) is 23.8 Å². The number of amides is 1. The quantitative estimate of drug-likeness (QED) is 0.664. The van der Waals surface area contributed by atoms with Crippen LogP contribution in [-0.2, 0) is 0 Å². The SMILES string of the molecule is COc1ccc(-c2cc(C(=O)N3CCCC3c3cc(C)on3)no2)cc1OC. The summed E-state index contributed by atoms with van der Waals surface area (Å²) in [7, 11) is 3.14. The molecule has 1 aromatic carbocycles. The molecule has 4 rings (SSSR count). The molecule has 3 heterocycles. The van der Waals surface area contributed by atoms with E-state index >= 15 is 0 Å². The van der Waals surface area contributed by atoms with Gasteiger partial charge in [0.2, 0.25) is 0 Å². The number of hydrogen-bond donors (Lipinski definition) is 0. The highest BCUT2D eigenvalue weighted by Crippen LogP contribution is 2.35. The van der Waals surface area contributed by atoms with Crippen LogP contribution < -0.4 is 9.47 Å². The topological polar surface area (TPSA) is 90.8 Å². The molecule has 28 heavy (non-hydrogen) atoms. The molecular formula is C20H21N3O5. The second kappa shape index (κ2) is 7.38. The van der Waals surface area contributed by atoms with Gasteiger partial charge in [0, 0.05) is 24.2 Å². The Morgan fingerprint density at radius 1 is 1.11 bits per heavy atom. The predicted molar refractivity (Wildman–Crippen MR) is 99.3 cm³/mol. The number of carbonyl (C=O) groups is 1. The molecule has 0 N–H and O–H groups in total. The molecule has 2 aromatic heterocycles. The number of aromatic nitrogens is 2. The van der Waals surface area contributed by atoms with E-state index in [-0.39, 0.29) is 17.6 Å². The molecule has 1 aliphatic heterocycles. The van der Waals surface area contributed by atoms with E-state index in [9.17, 15) is 4.79 Å². The number of nitrogens with zero attached hydrogens (tertiary/aromatic N) is 3. The first kappa shape index (κ1) is 18.1. The molecule has 1 fully saturated rings. The number of ether oxygens (including phenoxy) is 2. The first-order valence-corrected chi connectivity index (χ1v) is 9.04. The molecule has 1 unspecified atom stereocenters. The van der Waals surface area contributed by atoms with Gasteiger partial charge >= 0.3 is 0 Å². The molecule has 3 aromatic rings. The Balaban J connectivity index is 1.58. The summed E-state index contributed by atoms with van der Waals surface area (Å²) in [5, 5.41) is 8.06. The predicted octanol–water partition coefficient (Wildman–Crippen LogP) is 3.63. The van der Waals surface area contributed by atoms with E-state index < -0.39 is 0 Å². The third-order valence-corrected chi connectivity index (χ3v) is 4.90. The maximum atomic E-state index is 13.0. The van der Waals surface area contributed by atoms with Crippen molar-refractivity contribution < 1.29 is 23.3 Å². The van der Waals surface area contributed by atoms with E-state index in [1.54, 1.807) is 37.3 Å². The summed E-state index contributed by atoms with van der Waals surface area (Å²) in [5.41, 5.74) is 1.78. The number of likely N-dealkylation sites (tertiary alicyclic amines) is 1. The van der Waals surface area contributed by atoms with Gasteiger partial charge in [0.1, 0.15) is 11.5 Å². The molecule has 1 atom stereocenters. The zero-order valence-corrected chi connectivity index (χ0v) is 16.0. The summed E-state index contributed by atoms with van der Waals surface area (Å²) in [6, 6.07) is 8.80. The monoisotopic (exact) mass is 383 g/mol. The molecule has 1 aliphatic rings. The van der Waals surface area contributed by atoms with E-state index in [1.165, 1.54) is 0 Å². The Labute approximate surface area is 162 Å². The fourth-order valence-corrected chi connectivity index (χ4v) is 3.51. The lowest BCUT2D eigenvalue weighted by Gasteiger charge is -2.21. The summed E-state index contributed by atoms with van der Waals surface area (Å²) < 4.78 is 21.2. The molecule has 1 amide bonds. The van der Waals surface area contributed by atoms with Crippen molar-refractivity contribution in [1.29, 1.82) is 0 Å². The van der Waals surface area contributed by atoms with Crippen molar-refractivity contribution in [2.45, 2.75) is 25.8 Å². The molecule has 0 aliphatic carbocycles. The van der Waals surface area contributed by atoms with Crippen LogP contribution in [-0.4, -0.2) is 41.9 Å². The van der Waals surface area contributed by atoms with Crippen LogP contribution in [0, 0.1) is 6.92 Å². The number of methoxy groups -OCH3 is 2. The molecule has 8 nitrogen and oxygen atoms in total. The van der Waals surface area contributed by atoms with Gasteiger partial charge in [-0.2, -0.15) is 0 Å². The first-order valence-electron chi connectivity index (χ1n) is 9.04. The minimum atomic E-state index is -0.182. The van der Waals surface area contributed by atoms with Crippen molar-refractivity contribution in [3.05, 3.63) is 47.5 Å². The van der Waals surface area contributed by atoms with Gasteiger partial charge in [-0.05, 0) is 38.0 Å². The minimum Gasteiger partial charge on any atom is -0.493 e. The highest BCUT2D eigenvalue weighted by molar-refractivity contribution is 5.93. The Morgan fingerprint density at radius 2 is 1.93 bits per heavy atom. The van der Waals surface area contributed by atoms with Crippen LogP contribution in [0.1, 0.15) is 40.8 Å². The van der Waals surface area contributed by atoms with Crippen LogP contribution in [0.5, 0.6) is 11.5 Å². The summed E-state index contributed by atoms with van der Waals surface area (Å²) in [5.74, 6) is 2.22. The summed E-state index contributed by atoms with van der Waals surface area (Å²) in [6.07, 6.45) is 1.75. The molecular weight excluding hydrogens is 362 g/mol. The minimum absolute atomic E-state index is 0.105. The van der Waals surface area contributed by atoms with Gasteiger partial charge in [-0.3, -0.25) is 4.79 Å². The van der Waals surface area contributed by atoms with Crippen molar-refractivity contribution in [3.63, 3.8) is 0 Å². The standard InChI is InChI=1S/C20H21N3O5/c1-12-9-14(21-27-12)16-5-4-8-23(16)20(24)15-11-18(28-22-15)13-6-7-17(25-2)19(10-13)26-3/h6-7,9-11,16H,4-5,8H2,1-3H3. The van der Waals surface area contributed by atoms with Gasteiger partial charge in [0.25, 0.3) is 5.91 Å². The van der Waals surface area contributed by atoms with Gasteiger partial charge in [-0.15, -0.1) is 0 Å². The second-order valence-corrected chi connectivity index (χ2v) is 6.67. The number of aryl methyl sites for hydroxylation is 1. The van der Waals surface area contributed by atoms with Crippen molar-refractivity contribution in [1.82, 2.24) is 15.2 Å². The molecule has 0 bridgehead atoms. The van der Waals surface area contributed by atoms with Crippen LogP contribution in [0.2, 0.25) is 0 Å². The summed E-state index contributed by atoms with van der Waals surface area (Å²) in [4.78, 5) is 14.8. The lowest BCUT2D eigenvalue weighted by Crippen LogP contribution is -2.30. The second-order valence-electron chi connectivity index (χ2n) is 6.67. The summed E-state index contributed by atoms with van der Waals surface area (Å²) in [6.45, 7) is 2.48. The van der Waals surface area contributed by atoms with Crippen molar-refractivity contribution in [2.24, 2.45) is 0 Å². The summed E-state index contributed by atoms with van der Waals surface area (Å²) >= 11 is 0. The lowest BCUT2D eigenvalue weighted by molar-refractivity contribution is 0.0720. The Kier molecular flexibility index (Phi) is 4.77. The zero-order chi connectivity index (χ0) is 19.7. The normalized spacial score (nSPS) is 16.4. The number of hydrogen-bond acceptors (Lipinski definition) is 7. The lowest BCUT2D eigenvalue weighted by atomic mass is 10.1. The van der Waals surface area contributed by atoms with Crippen molar-refractivity contribution in [2.75, 3.05) is 20.8 Å². The van der Waals surface area contributed by atoms with E-state index in [1.807, 2.05) is 19.1 Å². The highest BCUT2D eigenvalue weighted by atomic mass is 16.5. The fourth-order valence-electron chi connectivity index (χ4n) is 3.51. The smallest absolute Gasteiger partial charge is 0.276 e. The van der Waals surface area contributed by atoms with Crippen LogP contribution >= 0.6 is 0 Å². The maximum Gasteiger partial charge on any atom is 0.276 e. The van der Waals surface area contributed by atoms with Gasteiger partial charge in [-0.25, -0.2) is 0 Å². The van der Waals surface area contributed by atoms with Crippen LogP contribution in [0.3, 0.4) is 0 Å². The molecule has 8 heteroatoms. The van der Waals surface area contributed by atoms with E-state index in [2.05, 4.69) is 10.3 Å².